The molecule has 0 aliphatic heterocycles. The molecule has 0 saturated heterocycles. The summed E-state index contributed by atoms with van der Waals surface area (Å²) in [5.74, 6) is -1.63. The van der Waals surface area contributed by atoms with Crippen molar-refractivity contribution < 1.29 is 18.6 Å². The van der Waals surface area contributed by atoms with Gasteiger partial charge in [0, 0.05) is 12.0 Å². The quantitative estimate of drug-likeness (QED) is 0.811. The number of methoxy groups -OCH3 is 1. The molecule has 0 bridgehead atoms. The van der Waals surface area contributed by atoms with Gasteiger partial charge in [-0.25, -0.2) is 8.78 Å². The molecule has 78 valence electrons. The third-order valence-corrected chi connectivity index (χ3v) is 1.87. The van der Waals surface area contributed by atoms with E-state index in [1.807, 2.05) is 0 Å². The van der Waals surface area contributed by atoms with Gasteiger partial charge >= 0.3 is 0 Å². The zero-order valence-corrected chi connectivity index (χ0v) is 8.05. The molecule has 1 N–H and O–H groups in total. The third-order valence-electron chi connectivity index (χ3n) is 1.87. The van der Waals surface area contributed by atoms with Crippen LogP contribution in [-0.4, -0.2) is 18.3 Å². The minimum Gasteiger partial charge on any atom is -0.496 e. The molecular weight excluding hydrogens is 190 g/mol. The maximum absolute atomic E-state index is 13.2. The molecule has 0 fully saturated rings. The van der Waals surface area contributed by atoms with Crippen molar-refractivity contribution in [3.63, 3.8) is 0 Å². The van der Waals surface area contributed by atoms with Crippen LogP contribution in [0.5, 0.6) is 5.75 Å². The van der Waals surface area contributed by atoms with E-state index in [0.29, 0.717) is 0 Å². The highest BCUT2D eigenvalue weighted by Crippen LogP contribution is 2.24. The molecule has 0 saturated carbocycles. The highest BCUT2D eigenvalue weighted by atomic mass is 19.2. The first-order valence-electron chi connectivity index (χ1n) is 4.25. The van der Waals surface area contributed by atoms with E-state index in [2.05, 4.69) is 0 Å². The van der Waals surface area contributed by atoms with Gasteiger partial charge in [-0.15, -0.1) is 0 Å². The van der Waals surface area contributed by atoms with Gasteiger partial charge in [0.05, 0.1) is 13.2 Å². The Morgan fingerprint density at radius 1 is 1.43 bits per heavy atom. The standard InChI is InChI=1S/C10H12F2O2/c1-6(13)5-7-9(14-2)4-3-8(11)10(7)12/h3-4,6,13H,5H2,1-2H3. The highest BCUT2D eigenvalue weighted by Gasteiger charge is 2.15. The van der Waals surface area contributed by atoms with Gasteiger partial charge in [-0.05, 0) is 19.1 Å². The third kappa shape index (κ3) is 2.20. The lowest BCUT2D eigenvalue weighted by Gasteiger charge is -2.11. The van der Waals surface area contributed by atoms with E-state index in [1.54, 1.807) is 0 Å². The van der Waals surface area contributed by atoms with Crippen molar-refractivity contribution in [1.82, 2.24) is 0 Å². The van der Waals surface area contributed by atoms with Crippen LogP contribution in [0, 0.1) is 11.6 Å². The average Bonchev–Trinajstić information content (AvgIpc) is 2.13. The lowest BCUT2D eigenvalue weighted by molar-refractivity contribution is 0.192. The first-order valence-corrected chi connectivity index (χ1v) is 4.25. The molecule has 1 unspecified atom stereocenters. The van der Waals surface area contributed by atoms with E-state index >= 15 is 0 Å². The van der Waals surface area contributed by atoms with Crippen LogP contribution in [0.15, 0.2) is 12.1 Å². The Morgan fingerprint density at radius 2 is 2.07 bits per heavy atom. The summed E-state index contributed by atoms with van der Waals surface area (Å²) in [6.45, 7) is 1.50. The SMILES string of the molecule is COc1ccc(F)c(F)c1CC(C)O. The second kappa shape index (κ2) is 4.37. The van der Waals surface area contributed by atoms with Crippen LogP contribution >= 0.6 is 0 Å². The van der Waals surface area contributed by atoms with Crippen molar-refractivity contribution in [3.8, 4) is 5.75 Å². The Kier molecular flexibility index (Phi) is 3.41. The fourth-order valence-electron chi connectivity index (χ4n) is 1.25. The molecule has 1 rings (SSSR count). The summed E-state index contributed by atoms with van der Waals surface area (Å²) >= 11 is 0. The van der Waals surface area contributed by atoms with Crippen LogP contribution in [0.2, 0.25) is 0 Å². The number of rotatable bonds is 3. The Labute approximate surface area is 81.1 Å². The van der Waals surface area contributed by atoms with Crippen LogP contribution in [0.1, 0.15) is 12.5 Å². The summed E-state index contributed by atoms with van der Waals surface area (Å²) in [6, 6.07) is 2.34. The summed E-state index contributed by atoms with van der Waals surface area (Å²) < 4.78 is 30.9. The van der Waals surface area contributed by atoms with Crippen LogP contribution in [0.25, 0.3) is 0 Å². The molecule has 4 heteroatoms. The molecule has 0 radical (unpaired) electrons. The molecule has 0 amide bonds. The van der Waals surface area contributed by atoms with Crippen molar-refractivity contribution in [1.29, 1.82) is 0 Å². The summed E-state index contributed by atoms with van der Waals surface area (Å²) in [5.41, 5.74) is 0.0718. The number of benzene rings is 1. The lowest BCUT2D eigenvalue weighted by atomic mass is 10.1. The fraction of sp³-hybridized carbons (Fsp3) is 0.400. The lowest BCUT2D eigenvalue weighted by Crippen LogP contribution is -2.08. The monoisotopic (exact) mass is 202 g/mol. The van der Waals surface area contributed by atoms with Crippen molar-refractivity contribution >= 4 is 0 Å². The number of hydrogen-bond donors (Lipinski definition) is 1. The Morgan fingerprint density at radius 3 is 2.57 bits per heavy atom. The summed E-state index contributed by atoms with van der Waals surface area (Å²) in [7, 11) is 1.37. The predicted octanol–water partition coefficient (Wildman–Crippen LogP) is 1.90. The number of ether oxygens (including phenoxy) is 1. The van der Waals surface area contributed by atoms with E-state index in [9.17, 15) is 8.78 Å². The molecule has 0 aromatic heterocycles. The van der Waals surface area contributed by atoms with Crippen molar-refractivity contribution in [2.45, 2.75) is 19.4 Å². The largest absolute Gasteiger partial charge is 0.496 e. The van der Waals surface area contributed by atoms with Gasteiger partial charge in [-0.2, -0.15) is 0 Å². The topological polar surface area (TPSA) is 29.5 Å². The van der Waals surface area contributed by atoms with Crippen molar-refractivity contribution in [3.05, 3.63) is 29.3 Å². The second-order valence-electron chi connectivity index (χ2n) is 3.10. The Hall–Kier alpha value is -1.16. The van der Waals surface area contributed by atoms with Crippen LogP contribution < -0.4 is 4.74 Å². The minimum atomic E-state index is -0.953. The van der Waals surface area contributed by atoms with Gasteiger partial charge in [0.2, 0.25) is 0 Å². The normalized spacial score (nSPS) is 12.6. The van der Waals surface area contributed by atoms with Gasteiger partial charge in [0.1, 0.15) is 5.75 Å². The molecule has 1 aromatic carbocycles. The van der Waals surface area contributed by atoms with Crippen molar-refractivity contribution in [2.75, 3.05) is 7.11 Å². The van der Waals surface area contributed by atoms with Crippen LogP contribution in [0.4, 0.5) is 8.78 Å². The van der Waals surface area contributed by atoms with E-state index in [-0.39, 0.29) is 17.7 Å². The van der Waals surface area contributed by atoms with E-state index < -0.39 is 17.7 Å². The van der Waals surface area contributed by atoms with Crippen LogP contribution in [0.3, 0.4) is 0 Å². The molecule has 1 aromatic rings. The van der Waals surface area contributed by atoms with Gasteiger partial charge in [0.25, 0.3) is 0 Å². The second-order valence-corrected chi connectivity index (χ2v) is 3.10. The smallest absolute Gasteiger partial charge is 0.165 e. The molecule has 0 spiro atoms. The molecule has 1 atom stereocenters. The maximum atomic E-state index is 13.2. The molecule has 0 aliphatic carbocycles. The van der Waals surface area contributed by atoms with Gasteiger partial charge in [-0.1, -0.05) is 0 Å². The van der Waals surface area contributed by atoms with E-state index in [0.717, 1.165) is 6.07 Å². The minimum absolute atomic E-state index is 0.0345. The molecular formula is C10H12F2O2. The first kappa shape index (κ1) is 10.9. The zero-order chi connectivity index (χ0) is 10.7. The van der Waals surface area contributed by atoms with Gasteiger partial charge in [-0.3, -0.25) is 0 Å². The summed E-state index contributed by atoms with van der Waals surface area (Å²) in [4.78, 5) is 0. The van der Waals surface area contributed by atoms with Crippen molar-refractivity contribution in [2.24, 2.45) is 0 Å². The number of aliphatic hydroxyl groups is 1. The van der Waals surface area contributed by atoms with Crippen LogP contribution in [-0.2, 0) is 6.42 Å². The average molecular weight is 202 g/mol. The summed E-state index contributed by atoms with van der Waals surface area (Å²) in [5, 5.41) is 9.10. The number of halogens is 2. The van der Waals surface area contributed by atoms with Gasteiger partial charge < -0.3 is 9.84 Å². The summed E-state index contributed by atoms with van der Waals surface area (Å²) in [6.07, 6.45) is -0.701. The highest BCUT2D eigenvalue weighted by molar-refractivity contribution is 5.35. The Bertz CT molecular complexity index is 324. The predicted molar refractivity (Wildman–Crippen MR) is 48.3 cm³/mol. The van der Waals surface area contributed by atoms with E-state index in [1.165, 1.54) is 20.1 Å². The molecule has 14 heavy (non-hydrogen) atoms. The molecule has 2 nitrogen and oxygen atoms in total. The Balaban J connectivity index is 3.14. The van der Waals surface area contributed by atoms with Gasteiger partial charge in [0.15, 0.2) is 11.6 Å². The first-order chi connectivity index (χ1) is 6.56. The molecule has 0 heterocycles. The number of hydrogen-bond acceptors (Lipinski definition) is 2. The molecule has 0 aliphatic rings. The fourth-order valence-corrected chi connectivity index (χ4v) is 1.25. The van der Waals surface area contributed by atoms with E-state index in [4.69, 9.17) is 9.84 Å². The zero-order valence-electron chi connectivity index (χ0n) is 8.05. The number of aliphatic hydroxyl groups excluding tert-OH is 1. The maximum Gasteiger partial charge on any atom is 0.165 e.